The van der Waals surface area contributed by atoms with Crippen molar-refractivity contribution in [3.05, 3.63) is 29.3 Å². The first-order valence-electron chi connectivity index (χ1n) is 4.34. The summed E-state index contributed by atoms with van der Waals surface area (Å²) in [7, 11) is 0. The molecule has 3 nitrogen and oxygen atoms in total. The average Bonchev–Trinajstić information content (AvgIpc) is 2.40. The van der Waals surface area contributed by atoms with Crippen LogP contribution >= 0.6 is 0 Å². The topological polar surface area (TPSA) is 55.1 Å². The number of carbonyl (C=O) groups is 1. The maximum atomic E-state index is 11.4. The molecule has 0 saturated carbocycles. The first kappa shape index (κ1) is 8.26. The highest BCUT2D eigenvalue weighted by atomic mass is 16.2. The predicted molar refractivity (Wildman–Crippen MR) is 51.6 cm³/mol. The Morgan fingerprint density at radius 3 is 3.00 bits per heavy atom. The van der Waals surface area contributed by atoms with Gasteiger partial charge in [-0.15, -0.1) is 0 Å². The van der Waals surface area contributed by atoms with Crippen LogP contribution in [0.5, 0.6) is 0 Å². The van der Waals surface area contributed by atoms with Crippen LogP contribution in [0, 0.1) is 6.92 Å². The normalized spacial score (nSPS) is 19.8. The summed E-state index contributed by atoms with van der Waals surface area (Å²) in [5.41, 5.74) is 8.63. The average molecular weight is 176 g/mol. The van der Waals surface area contributed by atoms with Crippen molar-refractivity contribution in [2.75, 3.05) is 11.9 Å². The maximum absolute atomic E-state index is 11.4. The molecule has 1 amide bonds. The smallest absolute Gasteiger partial charge is 0.233 e. The van der Waals surface area contributed by atoms with Gasteiger partial charge in [-0.3, -0.25) is 4.79 Å². The molecule has 0 aromatic heterocycles. The molecule has 0 bridgehead atoms. The van der Waals surface area contributed by atoms with Crippen molar-refractivity contribution in [3.63, 3.8) is 0 Å². The van der Waals surface area contributed by atoms with Gasteiger partial charge in [0, 0.05) is 12.2 Å². The van der Waals surface area contributed by atoms with E-state index in [4.69, 9.17) is 5.73 Å². The molecule has 1 aliphatic heterocycles. The molecule has 0 aliphatic carbocycles. The summed E-state index contributed by atoms with van der Waals surface area (Å²) >= 11 is 0. The number of nitrogens with one attached hydrogen (secondary N) is 1. The zero-order valence-corrected chi connectivity index (χ0v) is 7.50. The highest BCUT2D eigenvalue weighted by molar-refractivity contribution is 6.03. The number of benzene rings is 1. The molecule has 3 N–H and O–H groups in total. The quantitative estimate of drug-likeness (QED) is 0.670. The summed E-state index contributed by atoms with van der Waals surface area (Å²) in [6, 6.07) is 5.93. The zero-order chi connectivity index (χ0) is 9.42. The van der Waals surface area contributed by atoms with E-state index in [-0.39, 0.29) is 11.8 Å². The number of nitrogens with two attached hydrogens (primary N) is 1. The molecule has 1 heterocycles. The van der Waals surface area contributed by atoms with E-state index in [1.54, 1.807) is 0 Å². The molecule has 3 heteroatoms. The van der Waals surface area contributed by atoms with Crippen molar-refractivity contribution < 1.29 is 4.79 Å². The van der Waals surface area contributed by atoms with Crippen LogP contribution in [-0.2, 0) is 4.79 Å². The molecule has 13 heavy (non-hydrogen) atoms. The summed E-state index contributed by atoms with van der Waals surface area (Å²) in [6.45, 7) is 2.39. The second kappa shape index (κ2) is 2.85. The van der Waals surface area contributed by atoms with Gasteiger partial charge in [0.1, 0.15) is 0 Å². The predicted octanol–water partition coefficient (Wildman–Crippen LogP) is 0.989. The van der Waals surface area contributed by atoms with Gasteiger partial charge in [-0.1, -0.05) is 17.7 Å². The van der Waals surface area contributed by atoms with Crippen LogP contribution in [0.2, 0.25) is 0 Å². The van der Waals surface area contributed by atoms with Crippen LogP contribution in [0.25, 0.3) is 0 Å². The van der Waals surface area contributed by atoms with Gasteiger partial charge in [-0.25, -0.2) is 0 Å². The minimum atomic E-state index is -0.158. The molecule has 2 rings (SSSR count). The van der Waals surface area contributed by atoms with Crippen molar-refractivity contribution >= 4 is 11.6 Å². The van der Waals surface area contributed by atoms with Crippen molar-refractivity contribution in [3.8, 4) is 0 Å². The Morgan fingerprint density at radius 2 is 2.31 bits per heavy atom. The van der Waals surface area contributed by atoms with Gasteiger partial charge in [0.25, 0.3) is 0 Å². The van der Waals surface area contributed by atoms with Crippen LogP contribution in [-0.4, -0.2) is 12.5 Å². The molecule has 68 valence electrons. The molecular formula is C10H12N2O. The third-order valence-electron chi connectivity index (χ3n) is 2.39. The lowest BCUT2D eigenvalue weighted by atomic mass is 9.99. The summed E-state index contributed by atoms with van der Waals surface area (Å²) in [5.74, 6) is -0.141. The monoisotopic (exact) mass is 176 g/mol. The van der Waals surface area contributed by atoms with E-state index in [2.05, 4.69) is 5.32 Å². The first-order valence-corrected chi connectivity index (χ1v) is 4.34. The lowest BCUT2D eigenvalue weighted by Crippen LogP contribution is -2.20. The number of hydrogen-bond acceptors (Lipinski definition) is 2. The highest BCUT2D eigenvalue weighted by Gasteiger charge is 2.28. The Labute approximate surface area is 76.9 Å². The Bertz CT molecular complexity index is 360. The second-order valence-electron chi connectivity index (χ2n) is 3.37. The third-order valence-corrected chi connectivity index (χ3v) is 2.39. The number of carbonyl (C=O) groups excluding carboxylic acids is 1. The highest BCUT2D eigenvalue weighted by Crippen LogP contribution is 2.32. The summed E-state index contributed by atoms with van der Waals surface area (Å²) in [5, 5.41) is 2.81. The minimum Gasteiger partial charge on any atom is -0.329 e. The molecule has 1 atom stereocenters. The lowest BCUT2D eigenvalue weighted by molar-refractivity contribution is -0.116. The zero-order valence-electron chi connectivity index (χ0n) is 7.50. The van der Waals surface area contributed by atoms with Gasteiger partial charge in [-0.2, -0.15) is 0 Å². The number of rotatable bonds is 1. The maximum Gasteiger partial charge on any atom is 0.233 e. The molecule has 1 unspecified atom stereocenters. The first-order chi connectivity index (χ1) is 6.22. The fourth-order valence-corrected chi connectivity index (χ4v) is 1.68. The van der Waals surface area contributed by atoms with Crippen molar-refractivity contribution in [1.82, 2.24) is 0 Å². The minimum absolute atomic E-state index is 0.0168. The molecule has 0 spiro atoms. The van der Waals surface area contributed by atoms with Crippen LogP contribution in [0.15, 0.2) is 18.2 Å². The standard InChI is InChI=1S/C10H12N2O/c1-6-2-3-9-7(4-6)8(5-11)10(13)12-9/h2-4,8H,5,11H2,1H3,(H,12,13). The number of hydrogen-bond donors (Lipinski definition) is 2. The number of amides is 1. The summed E-state index contributed by atoms with van der Waals surface area (Å²) in [6.07, 6.45) is 0. The van der Waals surface area contributed by atoms with Crippen LogP contribution < -0.4 is 11.1 Å². The Balaban J connectivity index is 2.50. The molecular weight excluding hydrogens is 164 g/mol. The fraction of sp³-hybridized carbons (Fsp3) is 0.300. The molecule has 0 radical (unpaired) electrons. The lowest BCUT2D eigenvalue weighted by Gasteiger charge is -2.04. The van der Waals surface area contributed by atoms with Crippen LogP contribution in [0.3, 0.4) is 0 Å². The summed E-state index contributed by atoms with van der Waals surface area (Å²) < 4.78 is 0. The van der Waals surface area contributed by atoms with Gasteiger partial charge >= 0.3 is 0 Å². The van der Waals surface area contributed by atoms with E-state index < -0.39 is 0 Å². The number of aryl methyl sites for hydroxylation is 1. The van der Waals surface area contributed by atoms with Crippen molar-refractivity contribution in [2.45, 2.75) is 12.8 Å². The number of fused-ring (bicyclic) bond motifs is 1. The Kier molecular flexibility index (Phi) is 1.81. The molecule has 1 aliphatic rings. The SMILES string of the molecule is Cc1ccc2c(c1)C(CN)C(=O)N2. The van der Waals surface area contributed by atoms with E-state index in [0.717, 1.165) is 16.8 Å². The van der Waals surface area contributed by atoms with E-state index in [1.165, 1.54) is 0 Å². The van der Waals surface area contributed by atoms with Crippen molar-refractivity contribution in [2.24, 2.45) is 5.73 Å². The Hall–Kier alpha value is -1.35. The Morgan fingerprint density at radius 1 is 1.54 bits per heavy atom. The van der Waals surface area contributed by atoms with Crippen molar-refractivity contribution in [1.29, 1.82) is 0 Å². The van der Waals surface area contributed by atoms with E-state index >= 15 is 0 Å². The van der Waals surface area contributed by atoms with Crippen LogP contribution in [0.1, 0.15) is 17.0 Å². The van der Waals surface area contributed by atoms with Gasteiger partial charge in [0.05, 0.1) is 5.92 Å². The van der Waals surface area contributed by atoms with Gasteiger partial charge < -0.3 is 11.1 Å². The third kappa shape index (κ3) is 1.21. The number of anilines is 1. The van der Waals surface area contributed by atoms with Gasteiger partial charge in [0.15, 0.2) is 0 Å². The largest absolute Gasteiger partial charge is 0.329 e. The molecule has 0 fully saturated rings. The second-order valence-corrected chi connectivity index (χ2v) is 3.37. The fourth-order valence-electron chi connectivity index (χ4n) is 1.68. The van der Waals surface area contributed by atoms with Gasteiger partial charge in [-0.05, 0) is 18.6 Å². The van der Waals surface area contributed by atoms with E-state index in [1.807, 2.05) is 25.1 Å². The molecule has 0 saturated heterocycles. The van der Waals surface area contributed by atoms with Crippen LogP contribution in [0.4, 0.5) is 5.69 Å². The van der Waals surface area contributed by atoms with E-state index in [9.17, 15) is 4.79 Å². The molecule has 1 aromatic carbocycles. The van der Waals surface area contributed by atoms with E-state index in [0.29, 0.717) is 6.54 Å². The van der Waals surface area contributed by atoms with Gasteiger partial charge in [0.2, 0.25) is 5.91 Å². The summed E-state index contributed by atoms with van der Waals surface area (Å²) in [4.78, 5) is 11.4. The molecule has 1 aromatic rings.